The Morgan fingerprint density at radius 3 is 3.00 bits per heavy atom. The Kier molecular flexibility index (Phi) is 4.39. The summed E-state index contributed by atoms with van der Waals surface area (Å²) < 4.78 is 0. The van der Waals surface area contributed by atoms with E-state index in [2.05, 4.69) is 17.2 Å². The molecule has 0 saturated heterocycles. The number of nitrogens with zero attached hydrogens (tertiary/aromatic N) is 1. The topological polar surface area (TPSA) is 62.2 Å². The summed E-state index contributed by atoms with van der Waals surface area (Å²) in [5, 5.41) is 13.2. The zero-order chi connectivity index (χ0) is 13.8. The number of carbonyl (C=O) groups excluding carboxylic acids is 1. The summed E-state index contributed by atoms with van der Waals surface area (Å²) in [5.41, 5.74) is 0.258. The molecule has 0 unspecified atom stereocenters. The summed E-state index contributed by atoms with van der Waals surface area (Å²) in [7, 11) is 0. The maximum absolute atomic E-state index is 11.9. The molecule has 0 radical (unpaired) electrons. The van der Waals surface area contributed by atoms with Crippen LogP contribution in [-0.4, -0.2) is 16.0 Å². The molecule has 0 aliphatic carbocycles. The van der Waals surface area contributed by atoms with Gasteiger partial charge in [0, 0.05) is 11.1 Å². The Labute approximate surface area is 120 Å². The van der Waals surface area contributed by atoms with E-state index >= 15 is 0 Å². The molecule has 0 saturated carbocycles. The first kappa shape index (κ1) is 13.8. The van der Waals surface area contributed by atoms with E-state index in [0.29, 0.717) is 11.6 Å². The number of carbonyl (C=O) groups is 1. The molecule has 0 spiro atoms. The van der Waals surface area contributed by atoms with Crippen molar-refractivity contribution in [1.82, 2.24) is 10.3 Å². The van der Waals surface area contributed by atoms with Gasteiger partial charge in [0.2, 0.25) is 0 Å². The summed E-state index contributed by atoms with van der Waals surface area (Å²) in [6.45, 7) is 2.41. The molecule has 2 N–H and O–H groups in total. The number of thiazole rings is 1. The average Bonchev–Trinajstić information content (AvgIpc) is 2.87. The van der Waals surface area contributed by atoms with Crippen LogP contribution in [0.1, 0.15) is 27.2 Å². The predicted octanol–water partition coefficient (Wildman–Crippen LogP) is 2.99. The number of phenols is 1. The Morgan fingerprint density at radius 1 is 1.53 bits per heavy atom. The molecule has 4 nitrogen and oxygen atoms in total. The van der Waals surface area contributed by atoms with Gasteiger partial charge in [-0.3, -0.25) is 4.79 Å². The van der Waals surface area contributed by atoms with Crippen molar-refractivity contribution in [3.63, 3.8) is 0 Å². The van der Waals surface area contributed by atoms with Gasteiger partial charge < -0.3 is 10.4 Å². The highest BCUT2D eigenvalue weighted by Gasteiger charge is 2.11. The van der Waals surface area contributed by atoms with Gasteiger partial charge in [0.1, 0.15) is 10.8 Å². The molecule has 0 bridgehead atoms. The number of aromatic hydroxyl groups is 1. The summed E-state index contributed by atoms with van der Waals surface area (Å²) in [5.74, 6) is -0.314. The third-order valence-corrected chi connectivity index (χ3v) is 4.02. The fourth-order valence-electron chi connectivity index (χ4n) is 1.53. The van der Waals surface area contributed by atoms with Crippen LogP contribution in [0.25, 0.3) is 0 Å². The molecule has 6 heteroatoms. The third-order valence-electron chi connectivity index (χ3n) is 2.54. The molecule has 1 aromatic heterocycles. The molecule has 0 aliphatic rings. The van der Waals surface area contributed by atoms with Gasteiger partial charge in [0.15, 0.2) is 0 Å². The number of nitrogens with one attached hydrogen (secondary N) is 1. The molecule has 1 heterocycles. The van der Waals surface area contributed by atoms with Crippen molar-refractivity contribution in [3.05, 3.63) is 44.9 Å². The smallest absolute Gasteiger partial charge is 0.253 e. The molecule has 0 aliphatic heterocycles. The lowest BCUT2D eigenvalue weighted by Gasteiger charge is -2.05. The Bertz CT molecular complexity index is 598. The monoisotopic (exact) mass is 296 g/mol. The first-order valence-corrected chi connectivity index (χ1v) is 7.00. The third kappa shape index (κ3) is 3.45. The summed E-state index contributed by atoms with van der Waals surface area (Å²) in [4.78, 5) is 17.3. The number of aromatic nitrogens is 1. The highest BCUT2D eigenvalue weighted by Crippen LogP contribution is 2.21. The van der Waals surface area contributed by atoms with Gasteiger partial charge in [-0.2, -0.15) is 0 Å². The van der Waals surface area contributed by atoms with Crippen molar-refractivity contribution in [3.8, 4) is 5.75 Å². The van der Waals surface area contributed by atoms with Gasteiger partial charge in [-0.15, -0.1) is 11.3 Å². The maximum Gasteiger partial charge on any atom is 0.253 e. The van der Waals surface area contributed by atoms with Gasteiger partial charge in [0.25, 0.3) is 5.91 Å². The maximum atomic E-state index is 11.9. The highest BCUT2D eigenvalue weighted by atomic mass is 35.5. The molecule has 100 valence electrons. The van der Waals surface area contributed by atoms with Crippen molar-refractivity contribution < 1.29 is 9.90 Å². The zero-order valence-electron chi connectivity index (χ0n) is 10.3. The standard InChI is InChI=1S/C13H13ClN2O2S/c1-2-9-6-15-12(19-9)7-16-13(18)10-5-8(17)3-4-11(10)14/h3-6,17H,2,7H2,1H3,(H,16,18). The molecule has 19 heavy (non-hydrogen) atoms. The quantitative estimate of drug-likeness (QED) is 0.912. The summed E-state index contributed by atoms with van der Waals surface area (Å²) >= 11 is 7.48. The van der Waals surface area contributed by atoms with Crippen LogP contribution in [0.5, 0.6) is 5.75 Å². The van der Waals surface area contributed by atoms with Crippen LogP contribution in [0.15, 0.2) is 24.4 Å². The van der Waals surface area contributed by atoms with Crippen molar-refractivity contribution in [1.29, 1.82) is 0 Å². The van der Waals surface area contributed by atoms with Gasteiger partial charge >= 0.3 is 0 Å². The molecular formula is C13H13ClN2O2S. The van der Waals surface area contributed by atoms with Crippen molar-refractivity contribution >= 4 is 28.8 Å². The minimum absolute atomic E-state index is 0.0112. The van der Waals surface area contributed by atoms with Gasteiger partial charge in [-0.05, 0) is 24.6 Å². The highest BCUT2D eigenvalue weighted by molar-refractivity contribution is 7.11. The average molecular weight is 297 g/mol. The lowest BCUT2D eigenvalue weighted by Crippen LogP contribution is -2.22. The van der Waals surface area contributed by atoms with E-state index in [1.807, 2.05) is 6.20 Å². The lowest BCUT2D eigenvalue weighted by atomic mass is 10.2. The number of benzene rings is 1. The van der Waals surface area contributed by atoms with Crippen molar-refractivity contribution in [2.75, 3.05) is 0 Å². The Hall–Kier alpha value is -1.59. The fraction of sp³-hybridized carbons (Fsp3) is 0.231. The van der Waals surface area contributed by atoms with Crippen LogP contribution in [0, 0.1) is 0 Å². The van der Waals surface area contributed by atoms with Crippen LogP contribution in [0.3, 0.4) is 0 Å². The van der Waals surface area contributed by atoms with Gasteiger partial charge in [-0.25, -0.2) is 4.98 Å². The van der Waals surface area contributed by atoms with Crippen LogP contribution in [0.4, 0.5) is 0 Å². The second-order valence-corrected chi connectivity index (χ2v) is 5.53. The number of rotatable bonds is 4. The lowest BCUT2D eigenvalue weighted by molar-refractivity contribution is 0.0950. The van der Waals surface area contributed by atoms with Crippen LogP contribution < -0.4 is 5.32 Å². The zero-order valence-corrected chi connectivity index (χ0v) is 11.9. The van der Waals surface area contributed by atoms with E-state index in [9.17, 15) is 9.90 Å². The molecule has 0 fully saturated rings. The first-order valence-electron chi connectivity index (χ1n) is 5.80. The fourth-order valence-corrected chi connectivity index (χ4v) is 2.54. The molecular weight excluding hydrogens is 284 g/mol. The minimum Gasteiger partial charge on any atom is -0.508 e. The van der Waals surface area contributed by atoms with Crippen LogP contribution in [0.2, 0.25) is 5.02 Å². The predicted molar refractivity (Wildman–Crippen MR) is 75.8 cm³/mol. The van der Waals surface area contributed by atoms with E-state index < -0.39 is 0 Å². The number of aryl methyl sites for hydroxylation is 1. The van der Waals surface area contributed by atoms with Crippen molar-refractivity contribution in [2.45, 2.75) is 19.9 Å². The van der Waals surface area contributed by atoms with Gasteiger partial charge in [-0.1, -0.05) is 18.5 Å². The number of hydrogen-bond acceptors (Lipinski definition) is 4. The van der Waals surface area contributed by atoms with E-state index in [4.69, 9.17) is 11.6 Å². The summed E-state index contributed by atoms with van der Waals surface area (Å²) in [6, 6.07) is 4.27. The summed E-state index contributed by atoms with van der Waals surface area (Å²) in [6.07, 6.45) is 2.75. The van der Waals surface area contributed by atoms with Crippen LogP contribution >= 0.6 is 22.9 Å². The second-order valence-electron chi connectivity index (χ2n) is 3.92. The number of amides is 1. The normalized spacial score (nSPS) is 10.4. The van der Waals surface area contributed by atoms with Crippen LogP contribution in [-0.2, 0) is 13.0 Å². The Morgan fingerprint density at radius 2 is 2.32 bits per heavy atom. The number of hydrogen-bond donors (Lipinski definition) is 2. The molecule has 0 atom stereocenters. The largest absolute Gasteiger partial charge is 0.508 e. The minimum atomic E-state index is -0.325. The van der Waals surface area contributed by atoms with E-state index in [1.165, 1.54) is 23.1 Å². The first-order chi connectivity index (χ1) is 9.10. The molecule has 1 amide bonds. The van der Waals surface area contributed by atoms with Crippen molar-refractivity contribution in [2.24, 2.45) is 0 Å². The SMILES string of the molecule is CCc1cnc(CNC(=O)c2cc(O)ccc2Cl)s1. The Balaban J connectivity index is 2.03. The number of halogens is 1. The number of phenolic OH excluding ortho intramolecular Hbond substituents is 1. The van der Waals surface area contributed by atoms with E-state index in [0.717, 1.165) is 11.4 Å². The molecule has 2 rings (SSSR count). The second kappa shape index (κ2) is 6.04. The molecule has 2 aromatic rings. The van der Waals surface area contributed by atoms with E-state index in [-0.39, 0.29) is 17.2 Å². The van der Waals surface area contributed by atoms with E-state index in [1.54, 1.807) is 11.3 Å². The van der Waals surface area contributed by atoms with Gasteiger partial charge in [0.05, 0.1) is 17.1 Å². The molecule has 1 aromatic carbocycles.